The molecule has 2 nitrogen and oxygen atoms in total. The second-order valence-corrected chi connectivity index (χ2v) is 5.08. The van der Waals surface area contributed by atoms with Gasteiger partial charge in [0, 0.05) is 13.3 Å². The monoisotopic (exact) mass is 274 g/mol. The summed E-state index contributed by atoms with van der Waals surface area (Å²) < 4.78 is 4.93. The van der Waals surface area contributed by atoms with Crippen molar-refractivity contribution < 1.29 is 9.53 Å². The van der Waals surface area contributed by atoms with E-state index in [4.69, 9.17) is 4.74 Å². The Bertz CT molecular complexity index is 404. The zero-order chi connectivity index (χ0) is 14.6. The Morgan fingerprint density at radius 3 is 2.55 bits per heavy atom. The highest BCUT2D eigenvalue weighted by molar-refractivity contribution is 5.65. The van der Waals surface area contributed by atoms with E-state index in [-0.39, 0.29) is 5.97 Å². The summed E-state index contributed by atoms with van der Waals surface area (Å²) in [6.07, 6.45) is 11.6. The maximum Gasteiger partial charge on any atom is 0.302 e. The van der Waals surface area contributed by atoms with Gasteiger partial charge in [0.1, 0.15) is 0 Å². The lowest BCUT2D eigenvalue weighted by molar-refractivity contribution is -0.140. The van der Waals surface area contributed by atoms with Crippen molar-refractivity contribution in [2.45, 2.75) is 52.4 Å². The molecule has 1 rings (SSSR count). The molecule has 0 atom stereocenters. The van der Waals surface area contributed by atoms with Crippen LogP contribution in [0.25, 0.3) is 6.08 Å². The predicted molar refractivity (Wildman–Crippen MR) is 84.6 cm³/mol. The molecule has 2 heteroatoms. The fraction of sp³-hybridized carbons (Fsp3) is 0.500. The Hall–Kier alpha value is -1.57. The van der Waals surface area contributed by atoms with Gasteiger partial charge in [0.25, 0.3) is 0 Å². The van der Waals surface area contributed by atoms with Crippen LogP contribution in [0, 0.1) is 0 Å². The number of benzene rings is 1. The molecule has 0 heterocycles. The molecule has 1 aromatic rings. The molecule has 0 aromatic heterocycles. The Kier molecular flexibility index (Phi) is 8.44. The maximum absolute atomic E-state index is 10.7. The number of carbonyl (C=O) groups is 1. The summed E-state index contributed by atoms with van der Waals surface area (Å²) >= 11 is 0. The number of esters is 1. The van der Waals surface area contributed by atoms with E-state index in [1.165, 1.54) is 43.7 Å². The van der Waals surface area contributed by atoms with Gasteiger partial charge in [-0.05, 0) is 24.0 Å². The smallest absolute Gasteiger partial charge is 0.302 e. The minimum atomic E-state index is -0.215. The highest BCUT2D eigenvalue weighted by atomic mass is 16.5. The fourth-order valence-corrected chi connectivity index (χ4v) is 2.02. The van der Waals surface area contributed by atoms with E-state index in [1.54, 1.807) is 0 Å². The molecular formula is C18H26O2. The van der Waals surface area contributed by atoms with Crippen LogP contribution >= 0.6 is 0 Å². The molecule has 20 heavy (non-hydrogen) atoms. The van der Waals surface area contributed by atoms with Crippen molar-refractivity contribution in [3.05, 3.63) is 41.5 Å². The van der Waals surface area contributed by atoms with Crippen molar-refractivity contribution in [1.82, 2.24) is 0 Å². The van der Waals surface area contributed by atoms with Crippen LogP contribution in [0.5, 0.6) is 0 Å². The van der Waals surface area contributed by atoms with E-state index in [9.17, 15) is 4.79 Å². The topological polar surface area (TPSA) is 26.3 Å². The molecule has 0 bridgehead atoms. The van der Waals surface area contributed by atoms with Crippen molar-refractivity contribution >= 4 is 12.0 Å². The number of unbranched alkanes of at least 4 members (excludes halogenated alkanes) is 4. The Morgan fingerprint density at radius 2 is 1.90 bits per heavy atom. The number of carbonyl (C=O) groups excluding carboxylic acids is 1. The first-order valence-corrected chi connectivity index (χ1v) is 7.61. The van der Waals surface area contributed by atoms with Crippen LogP contribution in [-0.2, 0) is 16.0 Å². The van der Waals surface area contributed by atoms with E-state index in [2.05, 4.69) is 43.3 Å². The lowest BCUT2D eigenvalue weighted by Crippen LogP contribution is -2.03. The van der Waals surface area contributed by atoms with E-state index in [0.29, 0.717) is 6.61 Å². The molecule has 0 aliphatic carbocycles. The molecule has 0 saturated heterocycles. The minimum Gasteiger partial charge on any atom is -0.466 e. The third-order valence-corrected chi connectivity index (χ3v) is 3.21. The SMILES string of the molecule is CCCCCC/C=C/c1ccc(CCOC(C)=O)cc1. The van der Waals surface area contributed by atoms with Gasteiger partial charge in [0.2, 0.25) is 0 Å². The molecule has 0 aliphatic rings. The average molecular weight is 274 g/mol. The second-order valence-electron chi connectivity index (χ2n) is 5.08. The zero-order valence-electron chi connectivity index (χ0n) is 12.7. The maximum atomic E-state index is 10.7. The van der Waals surface area contributed by atoms with Gasteiger partial charge in [-0.15, -0.1) is 0 Å². The number of hydrogen-bond donors (Lipinski definition) is 0. The first kappa shape index (κ1) is 16.5. The molecule has 0 radical (unpaired) electrons. The molecule has 0 spiro atoms. The fourth-order valence-electron chi connectivity index (χ4n) is 2.02. The summed E-state index contributed by atoms with van der Waals surface area (Å²) in [6, 6.07) is 8.43. The van der Waals surface area contributed by atoms with Gasteiger partial charge in [-0.3, -0.25) is 4.79 Å². The van der Waals surface area contributed by atoms with Crippen LogP contribution in [0.3, 0.4) is 0 Å². The number of hydrogen-bond acceptors (Lipinski definition) is 2. The summed E-state index contributed by atoms with van der Waals surface area (Å²) in [5, 5.41) is 0. The number of rotatable bonds is 9. The normalized spacial score (nSPS) is 10.9. The number of ether oxygens (including phenoxy) is 1. The molecule has 0 N–H and O–H groups in total. The lowest BCUT2D eigenvalue weighted by Gasteiger charge is -2.02. The standard InChI is InChI=1S/C18H26O2/c1-3-4-5-6-7-8-9-17-10-12-18(13-11-17)14-15-20-16(2)19/h8-13H,3-7,14-15H2,1-2H3/b9-8+. The third kappa shape index (κ3) is 7.78. The summed E-state index contributed by atoms with van der Waals surface area (Å²) in [5.74, 6) is -0.215. The highest BCUT2D eigenvalue weighted by Gasteiger charge is 1.96. The van der Waals surface area contributed by atoms with Crippen LogP contribution in [0.2, 0.25) is 0 Å². The van der Waals surface area contributed by atoms with E-state index >= 15 is 0 Å². The summed E-state index contributed by atoms with van der Waals surface area (Å²) in [4.78, 5) is 10.7. The Morgan fingerprint density at radius 1 is 1.15 bits per heavy atom. The minimum absolute atomic E-state index is 0.215. The van der Waals surface area contributed by atoms with Gasteiger partial charge in [0.15, 0.2) is 0 Å². The molecule has 110 valence electrons. The van der Waals surface area contributed by atoms with Gasteiger partial charge in [-0.2, -0.15) is 0 Å². The summed E-state index contributed by atoms with van der Waals surface area (Å²) in [7, 11) is 0. The first-order chi connectivity index (χ1) is 9.72. The van der Waals surface area contributed by atoms with Crippen LogP contribution in [0.4, 0.5) is 0 Å². The van der Waals surface area contributed by atoms with Crippen molar-refractivity contribution in [2.75, 3.05) is 6.61 Å². The van der Waals surface area contributed by atoms with Crippen molar-refractivity contribution in [1.29, 1.82) is 0 Å². The molecule has 1 aromatic carbocycles. The molecule has 0 amide bonds. The average Bonchev–Trinajstić information content (AvgIpc) is 2.44. The van der Waals surface area contributed by atoms with Crippen molar-refractivity contribution in [3.63, 3.8) is 0 Å². The van der Waals surface area contributed by atoms with Crippen molar-refractivity contribution in [2.24, 2.45) is 0 Å². The molecule has 0 fully saturated rings. The zero-order valence-corrected chi connectivity index (χ0v) is 12.7. The van der Waals surface area contributed by atoms with E-state index < -0.39 is 0 Å². The number of allylic oxidation sites excluding steroid dienone is 1. The van der Waals surface area contributed by atoms with E-state index in [0.717, 1.165) is 12.8 Å². The molecular weight excluding hydrogens is 248 g/mol. The predicted octanol–water partition coefficient (Wildman–Crippen LogP) is 4.78. The summed E-state index contributed by atoms with van der Waals surface area (Å²) in [5.41, 5.74) is 2.43. The van der Waals surface area contributed by atoms with Gasteiger partial charge in [0.05, 0.1) is 6.61 Å². The van der Waals surface area contributed by atoms with Crippen LogP contribution in [0.1, 0.15) is 57.1 Å². The molecule has 0 aliphatic heterocycles. The van der Waals surface area contributed by atoms with Gasteiger partial charge in [-0.1, -0.05) is 62.6 Å². The van der Waals surface area contributed by atoms with E-state index in [1.807, 2.05) is 0 Å². The first-order valence-electron chi connectivity index (χ1n) is 7.61. The van der Waals surface area contributed by atoms with Crippen LogP contribution in [0.15, 0.2) is 30.3 Å². The lowest BCUT2D eigenvalue weighted by atomic mass is 10.1. The van der Waals surface area contributed by atoms with Crippen LogP contribution < -0.4 is 0 Å². The second kappa shape index (κ2) is 10.2. The van der Waals surface area contributed by atoms with Gasteiger partial charge in [-0.25, -0.2) is 0 Å². The summed E-state index contributed by atoms with van der Waals surface area (Å²) in [6.45, 7) is 4.13. The van der Waals surface area contributed by atoms with Gasteiger partial charge >= 0.3 is 5.97 Å². The van der Waals surface area contributed by atoms with Crippen LogP contribution in [-0.4, -0.2) is 12.6 Å². The van der Waals surface area contributed by atoms with Crippen molar-refractivity contribution in [3.8, 4) is 0 Å². The largest absolute Gasteiger partial charge is 0.466 e. The molecule has 0 unspecified atom stereocenters. The Balaban J connectivity index is 2.27. The quantitative estimate of drug-likeness (QED) is 0.478. The highest BCUT2D eigenvalue weighted by Crippen LogP contribution is 2.09. The Labute approximate surface area is 122 Å². The van der Waals surface area contributed by atoms with Gasteiger partial charge < -0.3 is 4.74 Å². The third-order valence-electron chi connectivity index (χ3n) is 3.21. The molecule has 0 saturated carbocycles.